The first kappa shape index (κ1) is 13.9. The molecule has 0 amide bonds. The number of fused-ring (bicyclic) bond motifs is 1. The molecule has 0 unspecified atom stereocenters. The molecule has 0 aliphatic carbocycles. The van der Waals surface area contributed by atoms with Crippen molar-refractivity contribution in [2.45, 2.75) is 4.90 Å². The van der Waals surface area contributed by atoms with Gasteiger partial charge < -0.3 is 0 Å². The summed E-state index contributed by atoms with van der Waals surface area (Å²) in [5.41, 5.74) is 1.00. The topological polar surface area (TPSA) is 62.9 Å². The average Bonchev–Trinajstić information content (AvgIpc) is 2.94. The quantitative estimate of drug-likeness (QED) is 0.702. The molecular formula is C15H9BrN2O2S. The Bertz CT molecular complexity index is 970. The number of benzene rings is 2. The Morgan fingerprint density at radius 1 is 1.05 bits per heavy atom. The van der Waals surface area contributed by atoms with Crippen LogP contribution in [0.2, 0.25) is 0 Å². The van der Waals surface area contributed by atoms with E-state index in [2.05, 4.69) is 22.0 Å². The fourth-order valence-corrected chi connectivity index (χ4v) is 4.08. The van der Waals surface area contributed by atoms with Crippen LogP contribution in [0.5, 0.6) is 0 Å². The smallest absolute Gasteiger partial charge is 0.241 e. The van der Waals surface area contributed by atoms with Crippen LogP contribution in [0.4, 0.5) is 0 Å². The van der Waals surface area contributed by atoms with Gasteiger partial charge in [-0.1, -0.05) is 18.2 Å². The lowest BCUT2D eigenvalue weighted by molar-refractivity contribution is 0.589. The molecule has 2 aromatic carbocycles. The minimum Gasteiger partial charge on any atom is -0.241 e. The van der Waals surface area contributed by atoms with Crippen molar-refractivity contribution in [1.29, 1.82) is 5.26 Å². The van der Waals surface area contributed by atoms with Crippen molar-refractivity contribution in [2.75, 3.05) is 0 Å². The molecule has 3 rings (SSSR count). The number of nitrogens with zero attached hydrogens (tertiary/aromatic N) is 2. The van der Waals surface area contributed by atoms with Gasteiger partial charge in [-0.3, -0.25) is 0 Å². The number of rotatable bonds is 2. The number of nitriles is 1. The fraction of sp³-hybridized carbons (Fsp3) is 0. The third kappa shape index (κ3) is 2.15. The summed E-state index contributed by atoms with van der Waals surface area (Å²) < 4.78 is 27.1. The van der Waals surface area contributed by atoms with E-state index in [0.29, 0.717) is 20.9 Å². The summed E-state index contributed by atoms with van der Waals surface area (Å²) in [6.45, 7) is 0. The Morgan fingerprint density at radius 3 is 2.43 bits per heavy atom. The van der Waals surface area contributed by atoms with Crippen LogP contribution in [0.1, 0.15) is 5.56 Å². The first-order valence-corrected chi connectivity index (χ1v) is 8.29. The van der Waals surface area contributed by atoms with E-state index < -0.39 is 10.0 Å². The summed E-state index contributed by atoms with van der Waals surface area (Å²) in [7, 11) is -3.65. The fourth-order valence-electron chi connectivity index (χ4n) is 2.16. The molecule has 0 saturated heterocycles. The van der Waals surface area contributed by atoms with Crippen LogP contribution in [0, 0.1) is 11.3 Å². The van der Waals surface area contributed by atoms with Crippen LogP contribution in [0.25, 0.3) is 10.9 Å². The third-order valence-electron chi connectivity index (χ3n) is 3.19. The molecule has 0 N–H and O–H groups in total. The SMILES string of the molecule is N#Cc1ccc2c(ccn2S(=O)(=O)c2ccccc2)c1Br. The first-order chi connectivity index (χ1) is 10.1. The molecule has 3 aromatic rings. The summed E-state index contributed by atoms with van der Waals surface area (Å²) in [5.74, 6) is 0. The van der Waals surface area contributed by atoms with Gasteiger partial charge in [0.05, 0.1) is 16.0 Å². The van der Waals surface area contributed by atoms with Crippen molar-refractivity contribution in [3.63, 3.8) is 0 Å². The van der Waals surface area contributed by atoms with Gasteiger partial charge in [0.15, 0.2) is 0 Å². The van der Waals surface area contributed by atoms with E-state index in [9.17, 15) is 8.42 Å². The van der Waals surface area contributed by atoms with Gasteiger partial charge in [0.2, 0.25) is 0 Å². The highest BCUT2D eigenvalue weighted by Crippen LogP contribution is 2.30. The maximum absolute atomic E-state index is 12.7. The molecule has 21 heavy (non-hydrogen) atoms. The highest BCUT2D eigenvalue weighted by molar-refractivity contribution is 9.10. The van der Waals surface area contributed by atoms with Crippen LogP contribution < -0.4 is 0 Å². The minimum absolute atomic E-state index is 0.225. The van der Waals surface area contributed by atoms with E-state index >= 15 is 0 Å². The summed E-state index contributed by atoms with van der Waals surface area (Å²) in [4.78, 5) is 0.225. The number of hydrogen-bond acceptors (Lipinski definition) is 3. The van der Waals surface area contributed by atoms with E-state index in [1.165, 1.54) is 10.2 Å². The van der Waals surface area contributed by atoms with Crippen molar-refractivity contribution in [3.8, 4) is 6.07 Å². The number of halogens is 1. The summed E-state index contributed by atoms with van der Waals surface area (Å²) in [5, 5.41) is 9.71. The summed E-state index contributed by atoms with van der Waals surface area (Å²) in [6, 6.07) is 15.2. The molecule has 6 heteroatoms. The van der Waals surface area contributed by atoms with Crippen LogP contribution in [-0.2, 0) is 10.0 Å². The lowest BCUT2D eigenvalue weighted by atomic mass is 10.2. The van der Waals surface area contributed by atoms with Crippen LogP contribution in [0.3, 0.4) is 0 Å². The Kier molecular flexibility index (Phi) is 3.32. The maximum Gasteiger partial charge on any atom is 0.268 e. The van der Waals surface area contributed by atoms with E-state index in [1.807, 2.05) is 0 Å². The Balaban J connectivity index is 2.28. The average molecular weight is 361 g/mol. The second-order valence-corrected chi connectivity index (χ2v) is 7.01. The standard InChI is InChI=1S/C15H9BrN2O2S/c16-15-11(10-17)6-7-14-13(15)8-9-18(14)21(19,20)12-4-2-1-3-5-12/h1-9H. The predicted molar refractivity (Wildman–Crippen MR) is 83.4 cm³/mol. The van der Waals surface area contributed by atoms with Crippen LogP contribution >= 0.6 is 15.9 Å². The molecule has 0 bridgehead atoms. The molecule has 0 fully saturated rings. The van der Waals surface area contributed by atoms with Gasteiger partial charge in [0.1, 0.15) is 6.07 Å². The van der Waals surface area contributed by atoms with Crippen LogP contribution in [0.15, 0.2) is 64.1 Å². The monoisotopic (exact) mass is 360 g/mol. The van der Waals surface area contributed by atoms with E-state index in [4.69, 9.17) is 5.26 Å². The lowest BCUT2D eigenvalue weighted by Gasteiger charge is -2.08. The first-order valence-electron chi connectivity index (χ1n) is 6.06. The molecule has 0 aliphatic rings. The zero-order chi connectivity index (χ0) is 15.0. The van der Waals surface area contributed by atoms with E-state index in [-0.39, 0.29) is 4.90 Å². The van der Waals surface area contributed by atoms with Gasteiger partial charge in [-0.05, 0) is 46.3 Å². The van der Waals surface area contributed by atoms with E-state index in [1.54, 1.807) is 48.5 Å². The normalized spacial score (nSPS) is 11.4. The zero-order valence-corrected chi connectivity index (χ0v) is 13.1. The largest absolute Gasteiger partial charge is 0.268 e. The Labute approximate surface area is 130 Å². The number of hydrogen-bond donors (Lipinski definition) is 0. The molecular weight excluding hydrogens is 352 g/mol. The third-order valence-corrected chi connectivity index (χ3v) is 5.75. The molecule has 0 saturated carbocycles. The lowest BCUT2D eigenvalue weighted by Crippen LogP contribution is -2.11. The predicted octanol–water partition coefficient (Wildman–Crippen LogP) is 3.51. The van der Waals surface area contributed by atoms with Crippen LogP contribution in [-0.4, -0.2) is 12.4 Å². The highest BCUT2D eigenvalue weighted by atomic mass is 79.9. The molecule has 4 nitrogen and oxygen atoms in total. The molecule has 0 radical (unpaired) electrons. The van der Waals surface area contributed by atoms with Crippen molar-refractivity contribution in [2.24, 2.45) is 0 Å². The second kappa shape index (κ2) is 5.02. The Hall–Kier alpha value is -2.10. The number of aromatic nitrogens is 1. The van der Waals surface area contributed by atoms with Crippen molar-refractivity contribution in [3.05, 3.63) is 64.8 Å². The van der Waals surface area contributed by atoms with Gasteiger partial charge in [-0.25, -0.2) is 12.4 Å². The molecule has 0 spiro atoms. The summed E-state index contributed by atoms with van der Waals surface area (Å²) >= 11 is 3.35. The van der Waals surface area contributed by atoms with Gasteiger partial charge in [-0.2, -0.15) is 5.26 Å². The molecule has 0 aliphatic heterocycles. The van der Waals surface area contributed by atoms with Gasteiger partial charge in [0, 0.05) is 16.1 Å². The van der Waals surface area contributed by atoms with Crippen molar-refractivity contribution >= 4 is 36.9 Å². The molecule has 1 aromatic heterocycles. The van der Waals surface area contributed by atoms with Crippen molar-refractivity contribution in [1.82, 2.24) is 3.97 Å². The Morgan fingerprint density at radius 2 is 1.76 bits per heavy atom. The van der Waals surface area contributed by atoms with Gasteiger partial charge >= 0.3 is 0 Å². The molecule has 1 heterocycles. The van der Waals surface area contributed by atoms with E-state index in [0.717, 1.165) is 0 Å². The second-order valence-electron chi connectivity index (χ2n) is 4.40. The highest BCUT2D eigenvalue weighted by Gasteiger charge is 2.19. The zero-order valence-electron chi connectivity index (χ0n) is 10.7. The summed E-state index contributed by atoms with van der Waals surface area (Å²) in [6.07, 6.45) is 1.50. The van der Waals surface area contributed by atoms with Crippen molar-refractivity contribution < 1.29 is 8.42 Å². The van der Waals surface area contributed by atoms with Gasteiger partial charge in [0.25, 0.3) is 10.0 Å². The maximum atomic E-state index is 12.7. The minimum atomic E-state index is -3.65. The molecule has 104 valence electrons. The van der Waals surface area contributed by atoms with Gasteiger partial charge in [-0.15, -0.1) is 0 Å². The molecule has 0 atom stereocenters.